The molecule has 0 heterocycles. The predicted molar refractivity (Wildman–Crippen MR) is 94.8 cm³/mol. The number of aryl methyl sites for hydroxylation is 4. The molecule has 2 aromatic carbocycles. The van der Waals surface area contributed by atoms with Crippen LogP contribution in [-0.4, -0.2) is 18.1 Å². The lowest BCUT2D eigenvalue weighted by atomic mass is 9.89. The molecule has 0 bridgehead atoms. The smallest absolute Gasteiger partial charge is 0.305 e. The van der Waals surface area contributed by atoms with Crippen molar-refractivity contribution in [2.45, 2.75) is 40.2 Å². The Bertz CT molecular complexity index is 760. The van der Waals surface area contributed by atoms with E-state index in [1.165, 1.54) is 5.56 Å². The Kier molecular flexibility index (Phi) is 5.40. The molecule has 0 radical (unpaired) electrons. The third-order valence-electron chi connectivity index (χ3n) is 4.35. The zero-order chi connectivity index (χ0) is 18.0. The third-order valence-corrected chi connectivity index (χ3v) is 4.35. The zero-order valence-electron chi connectivity index (χ0n) is 14.8. The lowest BCUT2D eigenvalue weighted by Crippen LogP contribution is -2.21. The summed E-state index contributed by atoms with van der Waals surface area (Å²) >= 11 is 0. The number of carbonyl (C=O) groups is 1. The zero-order valence-corrected chi connectivity index (χ0v) is 14.8. The van der Waals surface area contributed by atoms with Crippen molar-refractivity contribution in [2.24, 2.45) is 0 Å². The summed E-state index contributed by atoms with van der Waals surface area (Å²) in [5.74, 6) is -1.30. The molecule has 2 rings (SSSR count). The van der Waals surface area contributed by atoms with Gasteiger partial charge in [0.05, 0.1) is 6.42 Å². The summed E-state index contributed by atoms with van der Waals surface area (Å²) in [6.45, 7) is 7.85. The van der Waals surface area contributed by atoms with Gasteiger partial charge in [0.25, 0.3) is 0 Å². The number of hydrogen-bond acceptors (Lipinski definition) is 2. The number of carboxylic acids is 1. The summed E-state index contributed by atoms with van der Waals surface area (Å²) < 4.78 is 14.6. The van der Waals surface area contributed by atoms with Crippen molar-refractivity contribution < 1.29 is 14.3 Å². The molecule has 128 valence electrons. The number of aliphatic carboxylic acids is 1. The Balaban J connectivity index is 2.64. The van der Waals surface area contributed by atoms with E-state index in [0.29, 0.717) is 11.1 Å². The lowest BCUT2D eigenvalue weighted by molar-refractivity contribution is -0.137. The SMILES string of the molecule is CN[C@@H](CC(=O)O)c1cc(-c2c(C)cc(C)cc2C)cc(C)c1F. The predicted octanol–water partition coefficient (Wildman–Crippen LogP) is 4.46. The summed E-state index contributed by atoms with van der Waals surface area (Å²) in [5.41, 5.74) is 6.36. The maximum Gasteiger partial charge on any atom is 0.305 e. The Morgan fingerprint density at radius 2 is 1.67 bits per heavy atom. The monoisotopic (exact) mass is 329 g/mol. The van der Waals surface area contributed by atoms with Crippen molar-refractivity contribution in [3.8, 4) is 11.1 Å². The Hall–Kier alpha value is -2.20. The van der Waals surface area contributed by atoms with Gasteiger partial charge >= 0.3 is 5.97 Å². The molecule has 1 atom stereocenters. The quantitative estimate of drug-likeness (QED) is 0.851. The third kappa shape index (κ3) is 3.65. The highest BCUT2D eigenvalue weighted by atomic mass is 19.1. The number of benzene rings is 2. The molecular weight excluding hydrogens is 305 g/mol. The van der Waals surface area contributed by atoms with Crippen LogP contribution in [0, 0.1) is 33.5 Å². The summed E-state index contributed by atoms with van der Waals surface area (Å²) in [5, 5.41) is 12.0. The van der Waals surface area contributed by atoms with E-state index < -0.39 is 12.0 Å². The van der Waals surface area contributed by atoms with Gasteiger partial charge in [-0.25, -0.2) is 4.39 Å². The molecule has 2 aromatic rings. The minimum Gasteiger partial charge on any atom is -0.481 e. The van der Waals surface area contributed by atoms with Crippen molar-refractivity contribution >= 4 is 5.97 Å². The van der Waals surface area contributed by atoms with E-state index in [4.69, 9.17) is 5.11 Å². The molecule has 0 saturated carbocycles. The lowest BCUT2D eigenvalue weighted by Gasteiger charge is -2.19. The van der Waals surface area contributed by atoms with Crippen molar-refractivity contribution in [3.05, 3.63) is 57.9 Å². The summed E-state index contributed by atoms with van der Waals surface area (Å²) in [6.07, 6.45) is -0.165. The molecule has 3 nitrogen and oxygen atoms in total. The average molecular weight is 329 g/mol. The number of hydrogen-bond donors (Lipinski definition) is 2. The van der Waals surface area contributed by atoms with Gasteiger partial charge in [-0.05, 0) is 74.7 Å². The highest BCUT2D eigenvalue weighted by Crippen LogP contribution is 2.33. The van der Waals surface area contributed by atoms with Gasteiger partial charge in [-0.3, -0.25) is 4.79 Å². The summed E-state index contributed by atoms with van der Waals surface area (Å²) in [4.78, 5) is 11.1. The maximum atomic E-state index is 14.6. The second kappa shape index (κ2) is 7.14. The van der Waals surface area contributed by atoms with Crippen molar-refractivity contribution in [1.29, 1.82) is 0 Å². The number of carboxylic acid groups (broad SMARTS) is 1. The van der Waals surface area contributed by atoms with Crippen molar-refractivity contribution in [1.82, 2.24) is 5.32 Å². The molecule has 0 aliphatic heterocycles. The van der Waals surface area contributed by atoms with Gasteiger partial charge in [0.1, 0.15) is 5.82 Å². The van der Waals surface area contributed by atoms with E-state index in [1.54, 1.807) is 20.0 Å². The molecule has 0 fully saturated rings. The minimum atomic E-state index is -0.959. The molecule has 0 aromatic heterocycles. The molecule has 0 amide bonds. The fourth-order valence-corrected chi connectivity index (χ4v) is 3.37. The van der Waals surface area contributed by atoms with Gasteiger partial charge in [-0.1, -0.05) is 17.7 Å². The van der Waals surface area contributed by atoms with Gasteiger partial charge in [0.15, 0.2) is 0 Å². The Morgan fingerprint density at radius 3 is 2.17 bits per heavy atom. The summed E-state index contributed by atoms with van der Waals surface area (Å²) in [6, 6.07) is 7.25. The maximum absolute atomic E-state index is 14.6. The van der Waals surface area contributed by atoms with Crippen LogP contribution in [0.5, 0.6) is 0 Å². The second-order valence-corrected chi connectivity index (χ2v) is 6.41. The van der Waals surface area contributed by atoms with E-state index in [9.17, 15) is 9.18 Å². The first-order valence-corrected chi connectivity index (χ1v) is 8.02. The number of rotatable bonds is 5. The normalized spacial score (nSPS) is 12.2. The van der Waals surface area contributed by atoms with Crippen LogP contribution in [0.15, 0.2) is 24.3 Å². The summed E-state index contributed by atoms with van der Waals surface area (Å²) in [7, 11) is 1.65. The van der Waals surface area contributed by atoms with Gasteiger partial charge in [0.2, 0.25) is 0 Å². The number of halogens is 1. The van der Waals surface area contributed by atoms with Gasteiger partial charge in [-0.15, -0.1) is 0 Å². The molecule has 0 aliphatic carbocycles. The first kappa shape index (κ1) is 18.1. The minimum absolute atomic E-state index is 0.165. The molecular formula is C20H24FNO2. The van der Waals surface area contributed by atoms with Crippen LogP contribution < -0.4 is 5.32 Å². The highest BCUT2D eigenvalue weighted by molar-refractivity contribution is 5.73. The fraction of sp³-hybridized carbons (Fsp3) is 0.350. The number of nitrogens with one attached hydrogen (secondary N) is 1. The molecule has 0 spiro atoms. The van der Waals surface area contributed by atoms with Crippen LogP contribution in [0.2, 0.25) is 0 Å². The molecule has 0 saturated heterocycles. The van der Waals surface area contributed by atoms with Crippen LogP contribution in [0.4, 0.5) is 4.39 Å². The molecule has 24 heavy (non-hydrogen) atoms. The van der Waals surface area contributed by atoms with Crippen molar-refractivity contribution in [2.75, 3.05) is 7.05 Å². The van der Waals surface area contributed by atoms with E-state index in [2.05, 4.69) is 24.4 Å². The van der Waals surface area contributed by atoms with E-state index >= 15 is 0 Å². The van der Waals surface area contributed by atoms with Crippen molar-refractivity contribution in [3.63, 3.8) is 0 Å². The topological polar surface area (TPSA) is 49.3 Å². The second-order valence-electron chi connectivity index (χ2n) is 6.41. The molecule has 2 N–H and O–H groups in total. The largest absolute Gasteiger partial charge is 0.481 e. The van der Waals surface area contributed by atoms with Crippen LogP contribution >= 0.6 is 0 Å². The van der Waals surface area contributed by atoms with Crippen LogP contribution in [0.1, 0.15) is 40.3 Å². The first-order chi connectivity index (χ1) is 11.2. The standard InChI is InChI=1S/C20H24FNO2/c1-11-6-12(2)19(13(3)7-11)15-8-14(4)20(21)16(9-15)17(22-5)10-18(23)24/h6-9,17,22H,10H2,1-5H3,(H,23,24)/t17-/m0/s1. The van der Waals surface area contributed by atoms with E-state index in [0.717, 1.165) is 22.3 Å². The van der Waals surface area contributed by atoms with Gasteiger partial charge in [0, 0.05) is 11.6 Å². The van der Waals surface area contributed by atoms with Gasteiger partial charge in [-0.2, -0.15) is 0 Å². The molecule has 0 aliphatic rings. The van der Waals surface area contributed by atoms with Gasteiger partial charge < -0.3 is 10.4 Å². The average Bonchev–Trinajstić information content (AvgIpc) is 2.47. The van der Waals surface area contributed by atoms with Crippen LogP contribution in [0.25, 0.3) is 11.1 Å². The fourth-order valence-electron chi connectivity index (χ4n) is 3.37. The Morgan fingerprint density at radius 1 is 1.08 bits per heavy atom. The Labute approximate surface area is 142 Å². The molecule has 0 unspecified atom stereocenters. The highest BCUT2D eigenvalue weighted by Gasteiger charge is 2.20. The van der Waals surface area contributed by atoms with E-state index in [1.807, 2.05) is 19.9 Å². The van der Waals surface area contributed by atoms with Crippen LogP contribution in [0.3, 0.4) is 0 Å². The van der Waals surface area contributed by atoms with E-state index in [-0.39, 0.29) is 12.2 Å². The molecule has 4 heteroatoms. The van der Waals surface area contributed by atoms with Crippen LogP contribution in [-0.2, 0) is 4.79 Å². The first-order valence-electron chi connectivity index (χ1n) is 8.02.